The summed E-state index contributed by atoms with van der Waals surface area (Å²) in [6, 6.07) is 9.27. The van der Waals surface area contributed by atoms with Crippen molar-refractivity contribution in [2.75, 3.05) is 35.7 Å². The van der Waals surface area contributed by atoms with Gasteiger partial charge in [0.1, 0.15) is 11.6 Å². The molecule has 1 aliphatic rings. The number of nitrogens with one attached hydrogen (secondary N) is 2. The van der Waals surface area contributed by atoms with E-state index in [1.165, 1.54) is 24.4 Å². The molecule has 2 aromatic heterocycles. The lowest BCUT2D eigenvalue weighted by atomic mass is 10.2. The molecule has 9 nitrogen and oxygen atoms in total. The van der Waals surface area contributed by atoms with Gasteiger partial charge in [0, 0.05) is 44.3 Å². The highest BCUT2D eigenvalue weighted by atomic mass is 19.1. The Kier molecular flexibility index (Phi) is 6.34. The van der Waals surface area contributed by atoms with Crippen LogP contribution in [0.5, 0.6) is 0 Å². The summed E-state index contributed by atoms with van der Waals surface area (Å²) in [6.07, 6.45) is 6.58. The summed E-state index contributed by atoms with van der Waals surface area (Å²) < 4.78 is 14.3. The Morgan fingerprint density at radius 3 is 2.64 bits per heavy atom. The molecule has 4 rings (SSSR count). The first-order valence-corrected chi connectivity index (χ1v) is 10.5. The van der Waals surface area contributed by atoms with Crippen molar-refractivity contribution < 1.29 is 14.0 Å². The van der Waals surface area contributed by atoms with E-state index in [1.54, 1.807) is 41.4 Å². The predicted octanol–water partition coefficient (Wildman–Crippen LogP) is 3.85. The first-order valence-electron chi connectivity index (χ1n) is 10.5. The van der Waals surface area contributed by atoms with Crippen molar-refractivity contribution in [3.63, 3.8) is 0 Å². The van der Waals surface area contributed by atoms with E-state index in [4.69, 9.17) is 5.73 Å². The zero-order chi connectivity index (χ0) is 23.4. The third-order valence-corrected chi connectivity index (χ3v) is 5.42. The van der Waals surface area contributed by atoms with E-state index in [0.717, 1.165) is 18.5 Å². The van der Waals surface area contributed by atoms with Crippen LogP contribution in [0.2, 0.25) is 0 Å². The van der Waals surface area contributed by atoms with Gasteiger partial charge in [-0.1, -0.05) is 0 Å². The minimum absolute atomic E-state index is 0.0679. The highest BCUT2D eigenvalue weighted by Crippen LogP contribution is 2.30. The van der Waals surface area contributed by atoms with E-state index in [-0.39, 0.29) is 17.3 Å². The third kappa shape index (κ3) is 5.00. The van der Waals surface area contributed by atoms with Gasteiger partial charge in [0.15, 0.2) is 0 Å². The second-order valence-electron chi connectivity index (χ2n) is 7.67. The van der Waals surface area contributed by atoms with Crippen LogP contribution in [0.4, 0.5) is 37.8 Å². The largest absolute Gasteiger partial charge is 0.365 e. The highest BCUT2D eigenvalue weighted by molar-refractivity contribution is 5.99. The fraction of sp³-hybridized carbons (Fsp3) is 0.217. The Bertz CT molecular complexity index is 1170. The molecule has 0 bridgehead atoms. The second-order valence-corrected chi connectivity index (χ2v) is 7.67. The number of amides is 3. The van der Waals surface area contributed by atoms with E-state index >= 15 is 0 Å². The normalized spacial score (nSPS) is 13.0. The van der Waals surface area contributed by atoms with Gasteiger partial charge in [-0.15, -0.1) is 0 Å². The summed E-state index contributed by atoms with van der Waals surface area (Å²) >= 11 is 0. The molecule has 4 N–H and O–H groups in total. The molecule has 0 unspecified atom stereocenters. The maximum atomic E-state index is 14.3. The number of primary amides is 1. The summed E-state index contributed by atoms with van der Waals surface area (Å²) in [5.41, 5.74) is 7.65. The number of nitrogens with zero attached hydrogens (tertiary/aromatic N) is 4. The van der Waals surface area contributed by atoms with Gasteiger partial charge in [-0.3, -0.25) is 9.78 Å². The number of halogens is 1. The van der Waals surface area contributed by atoms with Crippen LogP contribution in [0.1, 0.15) is 23.2 Å². The first kappa shape index (κ1) is 22.0. The van der Waals surface area contributed by atoms with Crippen LogP contribution in [0.25, 0.3) is 0 Å². The summed E-state index contributed by atoms with van der Waals surface area (Å²) in [5, 5.41) is 5.72. The minimum atomic E-state index is -0.617. The van der Waals surface area contributed by atoms with Gasteiger partial charge in [-0.05, 0) is 43.2 Å². The Hall–Kier alpha value is -4.21. The van der Waals surface area contributed by atoms with Crippen molar-refractivity contribution in [3.05, 3.63) is 66.4 Å². The van der Waals surface area contributed by atoms with Gasteiger partial charge in [-0.25, -0.2) is 14.2 Å². The number of urea groups is 1. The van der Waals surface area contributed by atoms with Crippen molar-refractivity contribution in [1.82, 2.24) is 14.9 Å². The molecule has 0 saturated carbocycles. The average Bonchev–Trinajstić information content (AvgIpc) is 3.36. The number of carbonyl (C=O) groups excluding carboxylic acids is 2. The predicted molar refractivity (Wildman–Crippen MR) is 125 cm³/mol. The molecule has 0 radical (unpaired) electrons. The summed E-state index contributed by atoms with van der Waals surface area (Å²) in [5.74, 6) is -0.746. The number of likely N-dealkylation sites (tertiary alicyclic amines) is 1. The van der Waals surface area contributed by atoms with Crippen molar-refractivity contribution in [2.45, 2.75) is 12.8 Å². The average molecular weight is 449 g/mol. The number of hydrogen-bond donors (Lipinski definition) is 3. The lowest BCUT2D eigenvalue weighted by molar-refractivity contribution is 0.100. The second kappa shape index (κ2) is 9.51. The number of nitrogens with two attached hydrogens (primary N) is 1. The maximum absolute atomic E-state index is 14.3. The number of anilines is 5. The molecular weight excluding hydrogens is 425 g/mol. The number of rotatable bonds is 6. The molecule has 10 heteroatoms. The van der Waals surface area contributed by atoms with Crippen LogP contribution in [-0.2, 0) is 0 Å². The van der Waals surface area contributed by atoms with E-state index in [0.29, 0.717) is 30.3 Å². The van der Waals surface area contributed by atoms with Gasteiger partial charge >= 0.3 is 6.03 Å². The summed E-state index contributed by atoms with van der Waals surface area (Å²) in [4.78, 5) is 36.1. The Morgan fingerprint density at radius 1 is 1.15 bits per heavy atom. The van der Waals surface area contributed by atoms with Crippen LogP contribution >= 0.6 is 0 Å². The first-order chi connectivity index (χ1) is 15.9. The number of aromatic nitrogens is 2. The number of carbonyl (C=O) groups is 2. The van der Waals surface area contributed by atoms with Gasteiger partial charge in [-0.2, -0.15) is 0 Å². The number of hydrogen-bond acceptors (Lipinski definition) is 6. The van der Waals surface area contributed by atoms with E-state index < -0.39 is 11.7 Å². The third-order valence-electron chi connectivity index (χ3n) is 5.42. The molecule has 33 heavy (non-hydrogen) atoms. The Labute approximate surface area is 190 Å². The molecule has 170 valence electrons. The SMILES string of the molecule is CN(c1cccnc1)c1cc(Nc2ccc(F)c(NC(=O)N3CCCC3)c2)ncc1C(N)=O. The topological polar surface area (TPSA) is 116 Å². The molecule has 0 atom stereocenters. The lowest BCUT2D eigenvalue weighted by Crippen LogP contribution is -2.32. The molecule has 0 aliphatic carbocycles. The fourth-order valence-corrected chi connectivity index (χ4v) is 3.63. The Morgan fingerprint density at radius 2 is 1.94 bits per heavy atom. The molecular formula is C23H24FN7O2. The smallest absolute Gasteiger partial charge is 0.321 e. The highest BCUT2D eigenvalue weighted by Gasteiger charge is 2.19. The van der Waals surface area contributed by atoms with Gasteiger partial charge in [0.25, 0.3) is 5.91 Å². The van der Waals surface area contributed by atoms with E-state index in [2.05, 4.69) is 20.6 Å². The minimum Gasteiger partial charge on any atom is -0.365 e. The zero-order valence-electron chi connectivity index (χ0n) is 18.1. The molecule has 3 amide bonds. The summed E-state index contributed by atoms with van der Waals surface area (Å²) in [7, 11) is 1.78. The Balaban J connectivity index is 1.58. The molecule has 3 heterocycles. The number of benzene rings is 1. The van der Waals surface area contributed by atoms with Crippen LogP contribution in [0.15, 0.2) is 55.0 Å². The van der Waals surface area contributed by atoms with E-state index in [1.807, 2.05) is 6.07 Å². The quantitative estimate of drug-likeness (QED) is 0.526. The van der Waals surface area contributed by atoms with Gasteiger partial charge < -0.3 is 26.2 Å². The van der Waals surface area contributed by atoms with Crippen molar-refractivity contribution >= 4 is 40.5 Å². The molecule has 0 spiro atoms. The number of pyridine rings is 2. The van der Waals surface area contributed by atoms with Crippen molar-refractivity contribution in [1.29, 1.82) is 0 Å². The molecule has 3 aromatic rings. The van der Waals surface area contributed by atoms with E-state index in [9.17, 15) is 14.0 Å². The van der Waals surface area contributed by atoms with Gasteiger partial charge in [0.05, 0.1) is 28.8 Å². The van der Waals surface area contributed by atoms with Crippen molar-refractivity contribution in [3.8, 4) is 0 Å². The van der Waals surface area contributed by atoms with Crippen LogP contribution in [-0.4, -0.2) is 46.9 Å². The lowest BCUT2D eigenvalue weighted by Gasteiger charge is -2.22. The van der Waals surface area contributed by atoms with Crippen molar-refractivity contribution in [2.24, 2.45) is 5.73 Å². The maximum Gasteiger partial charge on any atom is 0.321 e. The zero-order valence-corrected chi connectivity index (χ0v) is 18.1. The fourth-order valence-electron chi connectivity index (χ4n) is 3.63. The monoisotopic (exact) mass is 449 g/mol. The van der Waals surface area contributed by atoms with Crippen LogP contribution in [0, 0.1) is 5.82 Å². The molecule has 1 aliphatic heterocycles. The molecule has 1 fully saturated rings. The standard InChI is InChI=1S/C23H24FN7O2/c1-30(16-5-4-8-26-13-16)20-12-21(27-14-17(20)22(25)32)28-15-6-7-18(24)19(11-15)29-23(33)31-9-2-3-10-31/h4-8,11-14H,2-3,9-10H2,1H3,(H2,25,32)(H,27,28)(H,29,33). The summed E-state index contributed by atoms with van der Waals surface area (Å²) in [6.45, 7) is 1.32. The van der Waals surface area contributed by atoms with Crippen LogP contribution in [0.3, 0.4) is 0 Å². The molecule has 1 saturated heterocycles. The van der Waals surface area contributed by atoms with Crippen LogP contribution < -0.4 is 21.3 Å². The molecule has 1 aromatic carbocycles. The van der Waals surface area contributed by atoms with Gasteiger partial charge in [0.2, 0.25) is 0 Å².